The molecular weight excluding hydrogens is 464 g/mol. The molecule has 1 heterocycles. The van der Waals surface area contributed by atoms with E-state index in [9.17, 15) is 4.79 Å². The van der Waals surface area contributed by atoms with Crippen LogP contribution in [0.15, 0.2) is 41.6 Å². The van der Waals surface area contributed by atoms with Gasteiger partial charge in [-0.1, -0.05) is 58.2 Å². The van der Waals surface area contributed by atoms with E-state index in [0.29, 0.717) is 42.3 Å². The first-order valence-corrected chi connectivity index (χ1v) is 10.2. The van der Waals surface area contributed by atoms with Crippen molar-refractivity contribution in [3.05, 3.63) is 56.5 Å². The van der Waals surface area contributed by atoms with Crippen molar-refractivity contribution in [3.63, 3.8) is 0 Å². The van der Waals surface area contributed by atoms with Crippen LogP contribution in [0, 0.1) is 0 Å². The van der Waals surface area contributed by atoms with E-state index in [-0.39, 0.29) is 5.91 Å². The fraction of sp³-hybridized carbons (Fsp3) is 0.118. The summed E-state index contributed by atoms with van der Waals surface area (Å²) in [4.78, 5) is 12.5. The number of nitrogens with zero attached hydrogens (tertiary/aromatic N) is 3. The van der Waals surface area contributed by atoms with Crippen LogP contribution in [-0.4, -0.2) is 26.0 Å². The number of benzene rings is 2. The van der Waals surface area contributed by atoms with Gasteiger partial charge in [-0.05, 0) is 43.3 Å². The fourth-order valence-electron chi connectivity index (χ4n) is 2.25. The number of nitrogens with two attached hydrogens (primary N) is 1. The van der Waals surface area contributed by atoms with Gasteiger partial charge in [-0.2, -0.15) is 0 Å². The summed E-state index contributed by atoms with van der Waals surface area (Å²) >= 11 is 25.3. The SMILES string of the molecule is CC(Sc1nnc(-c2ccc(Cl)cc2Cl)n1N)C(=O)Nc1cc(Cl)ccc1Cl. The van der Waals surface area contributed by atoms with Gasteiger partial charge in [0.05, 0.1) is 21.0 Å². The van der Waals surface area contributed by atoms with Crippen LogP contribution in [0.2, 0.25) is 20.1 Å². The number of rotatable bonds is 5. The number of thioether (sulfide) groups is 1. The smallest absolute Gasteiger partial charge is 0.237 e. The molecule has 0 saturated heterocycles. The molecule has 1 aromatic heterocycles. The Hall–Kier alpha value is -1.64. The molecule has 28 heavy (non-hydrogen) atoms. The predicted octanol–water partition coefficient (Wildman–Crippen LogP) is 5.39. The van der Waals surface area contributed by atoms with Gasteiger partial charge in [-0.15, -0.1) is 10.2 Å². The number of hydrogen-bond donors (Lipinski definition) is 2. The molecule has 0 aliphatic heterocycles. The largest absolute Gasteiger partial charge is 0.335 e. The van der Waals surface area contributed by atoms with Gasteiger partial charge < -0.3 is 11.2 Å². The van der Waals surface area contributed by atoms with Gasteiger partial charge in [0.1, 0.15) is 0 Å². The van der Waals surface area contributed by atoms with Crippen LogP contribution in [0.5, 0.6) is 0 Å². The van der Waals surface area contributed by atoms with Gasteiger partial charge in [0.15, 0.2) is 5.82 Å². The molecule has 0 aliphatic rings. The highest BCUT2D eigenvalue weighted by molar-refractivity contribution is 8.00. The van der Waals surface area contributed by atoms with E-state index in [1.165, 1.54) is 4.68 Å². The van der Waals surface area contributed by atoms with Crippen LogP contribution >= 0.6 is 58.2 Å². The van der Waals surface area contributed by atoms with Crippen molar-refractivity contribution in [2.24, 2.45) is 0 Å². The highest BCUT2D eigenvalue weighted by atomic mass is 35.5. The topological polar surface area (TPSA) is 85.8 Å². The Labute approximate surface area is 185 Å². The van der Waals surface area contributed by atoms with Crippen molar-refractivity contribution in [1.82, 2.24) is 14.9 Å². The number of carbonyl (C=O) groups excluding carboxylic acids is 1. The zero-order chi connectivity index (χ0) is 20.4. The van der Waals surface area contributed by atoms with Crippen LogP contribution in [0.25, 0.3) is 11.4 Å². The first-order valence-electron chi connectivity index (χ1n) is 7.84. The third kappa shape index (κ3) is 4.67. The molecule has 0 fully saturated rings. The van der Waals surface area contributed by atoms with Gasteiger partial charge >= 0.3 is 0 Å². The number of halogens is 4. The second-order valence-corrected chi connectivity index (χ2v) is 8.67. The van der Waals surface area contributed by atoms with E-state index in [1.54, 1.807) is 43.3 Å². The molecule has 0 spiro atoms. The molecule has 146 valence electrons. The van der Waals surface area contributed by atoms with Crippen LogP contribution in [0.3, 0.4) is 0 Å². The number of aromatic nitrogens is 3. The zero-order valence-corrected chi connectivity index (χ0v) is 18.1. The summed E-state index contributed by atoms with van der Waals surface area (Å²) in [6.07, 6.45) is 0. The summed E-state index contributed by atoms with van der Waals surface area (Å²) in [5.74, 6) is 6.16. The lowest BCUT2D eigenvalue weighted by Crippen LogP contribution is -2.23. The highest BCUT2D eigenvalue weighted by Gasteiger charge is 2.21. The fourth-order valence-corrected chi connectivity index (χ4v) is 3.85. The Morgan fingerprint density at radius 1 is 1.07 bits per heavy atom. The van der Waals surface area contributed by atoms with Gasteiger partial charge in [0.25, 0.3) is 0 Å². The molecule has 0 bridgehead atoms. The van der Waals surface area contributed by atoms with Gasteiger partial charge in [0, 0.05) is 15.6 Å². The Morgan fingerprint density at radius 3 is 2.46 bits per heavy atom. The van der Waals surface area contributed by atoms with Crippen molar-refractivity contribution in [1.29, 1.82) is 0 Å². The van der Waals surface area contributed by atoms with Crippen molar-refractivity contribution in [3.8, 4) is 11.4 Å². The average molecular weight is 477 g/mol. The first-order chi connectivity index (χ1) is 13.3. The maximum absolute atomic E-state index is 12.5. The molecule has 1 amide bonds. The molecule has 1 unspecified atom stereocenters. The number of carbonyl (C=O) groups is 1. The molecule has 11 heteroatoms. The van der Waals surface area contributed by atoms with E-state index < -0.39 is 5.25 Å². The molecule has 2 aromatic carbocycles. The monoisotopic (exact) mass is 475 g/mol. The number of hydrogen-bond acceptors (Lipinski definition) is 5. The summed E-state index contributed by atoms with van der Waals surface area (Å²) in [5.41, 5.74) is 1.00. The van der Waals surface area contributed by atoms with Gasteiger partial charge in [-0.3, -0.25) is 4.79 Å². The van der Waals surface area contributed by atoms with E-state index in [0.717, 1.165) is 11.8 Å². The second kappa shape index (κ2) is 8.80. The van der Waals surface area contributed by atoms with E-state index >= 15 is 0 Å². The lowest BCUT2D eigenvalue weighted by Gasteiger charge is -2.13. The van der Waals surface area contributed by atoms with Crippen molar-refractivity contribution in [2.45, 2.75) is 17.3 Å². The third-order valence-corrected chi connectivity index (χ3v) is 5.84. The van der Waals surface area contributed by atoms with Crippen LogP contribution < -0.4 is 11.2 Å². The molecule has 1 atom stereocenters. The number of amides is 1. The van der Waals surface area contributed by atoms with Gasteiger partial charge in [0.2, 0.25) is 11.1 Å². The van der Waals surface area contributed by atoms with E-state index in [1.807, 2.05) is 0 Å². The second-order valence-electron chi connectivity index (χ2n) is 5.67. The summed E-state index contributed by atoms with van der Waals surface area (Å²) < 4.78 is 1.27. The van der Waals surface area contributed by atoms with Crippen LogP contribution in [-0.2, 0) is 4.79 Å². The summed E-state index contributed by atoms with van der Waals surface area (Å²) in [5, 5.41) is 12.4. The predicted molar refractivity (Wildman–Crippen MR) is 116 cm³/mol. The summed E-state index contributed by atoms with van der Waals surface area (Å²) in [6, 6.07) is 9.78. The van der Waals surface area contributed by atoms with Crippen molar-refractivity contribution in [2.75, 3.05) is 11.2 Å². The Kier molecular flexibility index (Phi) is 6.62. The average Bonchev–Trinajstić information content (AvgIpc) is 2.98. The molecule has 3 rings (SSSR count). The minimum Gasteiger partial charge on any atom is -0.335 e. The van der Waals surface area contributed by atoms with Gasteiger partial charge in [-0.25, -0.2) is 4.68 Å². The third-order valence-electron chi connectivity index (χ3n) is 3.67. The number of anilines is 1. The Balaban J connectivity index is 1.75. The minimum atomic E-state index is -0.532. The molecule has 0 radical (unpaired) electrons. The highest BCUT2D eigenvalue weighted by Crippen LogP contribution is 2.32. The standard InChI is InChI=1S/C17H13Cl4N5OS/c1-8(16(27)23-14-7-10(19)3-5-12(14)20)28-17-25-24-15(26(17)22)11-4-2-9(18)6-13(11)21/h2-8H,22H2,1H3,(H,23,27). The maximum Gasteiger partial charge on any atom is 0.237 e. The lowest BCUT2D eigenvalue weighted by atomic mass is 10.2. The number of nitrogen functional groups attached to an aromatic ring is 1. The minimum absolute atomic E-state index is 0.289. The van der Waals surface area contributed by atoms with Crippen LogP contribution in [0.1, 0.15) is 6.92 Å². The van der Waals surface area contributed by atoms with Crippen LogP contribution in [0.4, 0.5) is 5.69 Å². The molecule has 0 aliphatic carbocycles. The van der Waals surface area contributed by atoms with E-state index in [2.05, 4.69) is 15.5 Å². The summed E-state index contributed by atoms with van der Waals surface area (Å²) in [6.45, 7) is 1.71. The van der Waals surface area contributed by atoms with Crippen molar-refractivity contribution < 1.29 is 4.79 Å². The Bertz CT molecular complexity index is 1040. The summed E-state index contributed by atoms with van der Waals surface area (Å²) in [7, 11) is 0. The quantitative estimate of drug-likeness (QED) is 0.380. The molecular formula is C17H13Cl4N5OS. The Morgan fingerprint density at radius 2 is 1.75 bits per heavy atom. The maximum atomic E-state index is 12.5. The number of nitrogens with one attached hydrogen (secondary N) is 1. The molecule has 3 aromatic rings. The first kappa shape index (κ1) is 21.1. The zero-order valence-electron chi connectivity index (χ0n) is 14.3. The lowest BCUT2D eigenvalue weighted by molar-refractivity contribution is -0.115. The molecule has 6 nitrogen and oxygen atoms in total. The van der Waals surface area contributed by atoms with Crippen molar-refractivity contribution >= 4 is 69.8 Å². The molecule has 3 N–H and O–H groups in total. The van der Waals surface area contributed by atoms with E-state index in [4.69, 9.17) is 52.2 Å². The normalized spacial score (nSPS) is 12.0. The molecule has 0 saturated carbocycles.